The molecule has 8 heteroatoms. The topological polar surface area (TPSA) is 78.5 Å². The summed E-state index contributed by atoms with van der Waals surface area (Å²) in [6, 6.07) is 8.67. The summed E-state index contributed by atoms with van der Waals surface area (Å²) in [5.41, 5.74) is 1.94. The maximum absolute atomic E-state index is 12.4. The Kier molecular flexibility index (Phi) is 5.90. The second kappa shape index (κ2) is 8.33. The molecule has 1 unspecified atom stereocenters. The van der Waals surface area contributed by atoms with E-state index < -0.39 is 6.03 Å². The molecule has 4 amide bonds. The smallest absolute Gasteiger partial charge is 0.324 e. The van der Waals surface area contributed by atoms with E-state index in [-0.39, 0.29) is 37.4 Å². The van der Waals surface area contributed by atoms with Crippen LogP contribution in [0.2, 0.25) is 5.02 Å². The zero-order valence-corrected chi connectivity index (χ0v) is 15.5. The fraction of sp³-hybridized carbons (Fsp3) is 0.278. The van der Waals surface area contributed by atoms with Gasteiger partial charge in [0, 0.05) is 18.0 Å². The molecule has 1 fully saturated rings. The quantitative estimate of drug-likeness (QED) is 0.712. The number of amides is 4. The van der Waals surface area contributed by atoms with Crippen molar-refractivity contribution in [3.05, 3.63) is 57.2 Å². The number of carbonyl (C=O) groups is 3. The van der Waals surface area contributed by atoms with Gasteiger partial charge < -0.3 is 10.6 Å². The maximum atomic E-state index is 12.4. The highest BCUT2D eigenvalue weighted by atomic mass is 35.5. The van der Waals surface area contributed by atoms with Crippen LogP contribution in [-0.4, -0.2) is 35.8 Å². The van der Waals surface area contributed by atoms with Crippen molar-refractivity contribution >= 4 is 40.8 Å². The lowest BCUT2D eigenvalue weighted by molar-refractivity contribution is -0.126. The molecule has 0 spiro atoms. The zero-order valence-electron chi connectivity index (χ0n) is 13.9. The molecule has 3 rings (SSSR count). The minimum absolute atomic E-state index is 0.0296. The highest BCUT2D eigenvalue weighted by Crippen LogP contribution is 2.25. The van der Waals surface area contributed by atoms with Crippen molar-refractivity contribution in [1.29, 1.82) is 0 Å². The first-order valence-electron chi connectivity index (χ1n) is 8.19. The van der Waals surface area contributed by atoms with Crippen LogP contribution in [0.3, 0.4) is 0 Å². The SMILES string of the molecule is O=C(CCCN1C(=O)CNC1=O)NC(c1ccc(Cl)cc1)c1ccsc1. The van der Waals surface area contributed by atoms with Crippen molar-refractivity contribution in [3.8, 4) is 0 Å². The van der Waals surface area contributed by atoms with Crippen LogP contribution in [0.5, 0.6) is 0 Å². The van der Waals surface area contributed by atoms with Gasteiger partial charge in [0.15, 0.2) is 0 Å². The summed E-state index contributed by atoms with van der Waals surface area (Å²) in [5.74, 6) is -0.393. The van der Waals surface area contributed by atoms with Crippen LogP contribution < -0.4 is 10.6 Å². The number of urea groups is 1. The van der Waals surface area contributed by atoms with Gasteiger partial charge in [0.2, 0.25) is 11.8 Å². The van der Waals surface area contributed by atoms with E-state index in [0.717, 1.165) is 16.0 Å². The Morgan fingerprint density at radius 1 is 1.23 bits per heavy atom. The maximum Gasteiger partial charge on any atom is 0.324 e. The van der Waals surface area contributed by atoms with Gasteiger partial charge in [-0.05, 0) is 46.5 Å². The first-order valence-corrected chi connectivity index (χ1v) is 9.52. The Hall–Kier alpha value is -2.38. The lowest BCUT2D eigenvalue weighted by Crippen LogP contribution is -2.33. The minimum Gasteiger partial charge on any atom is -0.345 e. The van der Waals surface area contributed by atoms with Crippen molar-refractivity contribution in [2.24, 2.45) is 0 Å². The standard InChI is InChI=1S/C18H18ClN3O3S/c19-14-5-3-12(4-6-14)17(13-7-9-26-11-13)21-15(23)2-1-8-22-16(24)10-20-18(22)25/h3-7,9,11,17H,1-2,8,10H2,(H,20,25)(H,21,23). The van der Waals surface area contributed by atoms with E-state index >= 15 is 0 Å². The number of imide groups is 1. The summed E-state index contributed by atoms with van der Waals surface area (Å²) in [6.07, 6.45) is 0.646. The molecule has 0 aliphatic carbocycles. The van der Waals surface area contributed by atoms with Crippen molar-refractivity contribution in [1.82, 2.24) is 15.5 Å². The molecule has 1 saturated heterocycles. The fourth-order valence-corrected chi connectivity index (χ4v) is 3.58. The first kappa shape index (κ1) is 18.4. The number of rotatable bonds is 7. The molecule has 0 radical (unpaired) electrons. The molecule has 2 heterocycles. The number of nitrogens with one attached hydrogen (secondary N) is 2. The number of benzene rings is 1. The Bertz CT molecular complexity index is 777. The summed E-state index contributed by atoms with van der Waals surface area (Å²) >= 11 is 7.51. The normalized spacial score (nSPS) is 15.0. The Morgan fingerprint density at radius 3 is 2.62 bits per heavy atom. The van der Waals surface area contributed by atoms with E-state index in [0.29, 0.717) is 11.4 Å². The molecule has 1 aromatic carbocycles. The highest BCUT2D eigenvalue weighted by molar-refractivity contribution is 7.08. The molecular weight excluding hydrogens is 374 g/mol. The molecule has 2 N–H and O–H groups in total. The molecule has 6 nitrogen and oxygen atoms in total. The molecule has 1 atom stereocenters. The second-order valence-electron chi connectivity index (χ2n) is 5.92. The van der Waals surface area contributed by atoms with E-state index in [2.05, 4.69) is 10.6 Å². The average molecular weight is 392 g/mol. The summed E-state index contributed by atoms with van der Waals surface area (Å²) in [6.45, 7) is 0.268. The number of hydrogen-bond acceptors (Lipinski definition) is 4. The molecule has 136 valence electrons. The van der Waals surface area contributed by atoms with Gasteiger partial charge in [-0.2, -0.15) is 11.3 Å². The van der Waals surface area contributed by atoms with Crippen molar-refractivity contribution in [3.63, 3.8) is 0 Å². The van der Waals surface area contributed by atoms with E-state index in [1.165, 1.54) is 0 Å². The predicted octanol–water partition coefficient (Wildman–Crippen LogP) is 2.94. The van der Waals surface area contributed by atoms with Gasteiger partial charge in [0.05, 0.1) is 12.6 Å². The first-order chi connectivity index (χ1) is 12.5. The molecule has 1 aliphatic rings. The summed E-state index contributed by atoms with van der Waals surface area (Å²) in [5, 5.41) is 10.1. The van der Waals surface area contributed by atoms with Gasteiger partial charge in [-0.25, -0.2) is 4.79 Å². The average Bonchev–Trinajstić information content (AvgIpc) is 3.26. The van der Waals surface area contributed by atoms with E-state index in [1.807, 2.05) is 29.0 Å². The molecule has 1 aliphatic heterocycles. The molecule has 2 aromatic rings. The van der Waals surface area contributed by atoms with Crippen LogP contribution in [0.15, 0.2) is 41.1 Å². The number of carbonyl (C=O) groups excluding carboxylic acids is 3. The Morgan fingerprint density at radius 2 is 2.00 bits per heavy atom. The van der Waals surface area contributed by atoms with Crippen LogP contribution in [0.25, 0.3) is 0 Å². The number of hydrogen-bond donors (Lipinski definition) is 2. The lowest BCUT2D eigenvalue weighted by atomic mass is 10.0. The van der Waals surface area contributed by atoms with E-state index in [9.17, 15) is 14.4 Å². The third kappa shape index (κ3) is 4.42. The number of halogens is 1. The zero-order chi connectivity index (χ0) is 18.5. The van der Waals surface area contributed by atoms with Crippen molar-refractivity contribution in [2.45, 2.75) is 18.9 Å². The lowest BCUT2D eigenvalue weighted by Gasteiger charge is -2.19. The van der Waals surface area contributed by atoms with E-state index in [4.69, 9.17) is 11.6 Å². The summed E-state index contributed by atoms with van der Waals surface area (Å²) < 4.78 is 0. The molecule has 26 heavy (non-hydrogen) atoms. The third-order valence-electron chi connectivity index (χ3n) is 4.11. The van der Waals surface area contributed by atoms with Gasteiger partial charge in [-0.1, -0.05) is 23.7 Å². The van der Waals surface area contributed by atoms with Crippen LogP contribution in [0.1, 0.15) is 30.0 Å². The van der Waals surface area contributed by atoms with Crippen LogP contribution in [-0.2, 0) is 9.59 Å². The Balaban J connectivity index is 1.60. The van der Waals surface area contributed by atoms with Gasteiger partial charge in [0.1, 0.15) is 0 Å². The third-order valence-corrected chi connectivity index (χ3v) is 5.06. The molecule has 0 saturated carbocycles. The highest BCUT2D eigenvalue weighted by Gasteiger charge is 2.28. The van der Waals surface area contributed by atoms with Crippen molar-refractivity contribution in [2.75, 3.05) is 13.1 Å². The Labute approximate surface area is 160 Å². The van der Waals surface area contributed by atoms with Crippen LogP contribution in [0.4, 0.5) is 4.79 Å². The monoisotopic (exact) mass is 391 g/mol. The van der Waals surface area contributed by atoms with E-state index in [1.54, 1.807) is 23.5 Å². The summed E-state index contributed by atoms with van der Waals surface area (Å²) in [7, 11) is 0. The van der Waals surface area contributed by atoms with Gasteiger partial charge in [0.25, 0.3) is 0 Å². The van der Waals surface area contributed by atoms with Gasteiger partial charge >= 0.3 is 6.03 Å². The van der Waals surface area contributed by atoms with Gasteiger partial charge in [-0.15, -0.1) is 0 Å². The minimum atomic E-state index is -0.396. The molecule has 1 aromatic heterocycles. The van der Waals surface area contributed by atoms with Crippen LogP contribution >= 0.6 is 22.9 Å². The largest absolute Gasteiger partial charge is 0.345 e. The second-order valence-corrected chi connectivity index (χ2v) is 7.13. The predicted molar refractivity (Wildman–Crippen MR) is 100 cm³/mol. The van der Waals surface area contributed by atoms with Crippen molar-refractivity contribution < 1.29 is 14.4 Å². The fourth-order valence-electron chi connectivity index (χ4n) is 2.77. The van der Waals surface area contributed by atoms with Crippen LogP contribution in [0, 0.1) is 0 Å². The van der Waals surface area contributed by atoms with Gasteiger partial charge in [-0.3, -0.25) is 14.5 Å². The summed E-state index contributed by atoms with van der Waals surface area (Å²) in [4.78, 5) is 36.6. The molecular formula is C18H18ClN3O3S. The number of nitrogens with zero attached hydrogens (tertiary/aromatic N) is 1. The number of thiophene rings is 1. The molecule has 0 bridgehead atoms.